The number of carbonyl (C=O) groups excluding carboxylic acids is 1. The lowest BCUT2D eigenvalue weighted by Gasteiger charge is -2.33. The first-order valence-corrected chi connectivity index (χ1v) is 12.8. The van der Waals surface area contributed by atoms with E-state index in [1.54, 1.807) is 0 Å². The number of fused-ring (bicyclic) bond motifs is 1. The second-order valence-corrected chi connectivity index (χ2v) is 9.49. The quantitative estimate of drug-likeness (QED) is 0.456. The Kier molecular flexibility index (Phi) is 6.31. The molecule has 2 aliphatic rings. The van der Waals surface area contributed by atoms with Crippen LogP contribution in [0.2, 0.25) is 0 Å². The summed E-state index contributed by atoms with van der Waals surface area (Å²) in [7, 11) is 0. The van der Waals surface area contributed by atoms with E-state index in [1.165, 1.54) is 0 Å². The average Bonchev–Trinajstić information content (AvgIpc) is 3.41. The molecule has 8 nitrogen and oxygen atoms in total. The molecule has 0 atom stereocenters. The fraction of sp³-hybridized carbons (Fsp3) is 0.276. The number of amides is 1. The number of anilines is 1. The molecule has 2 aromatic heterocycles. The largest absolute Gasteiger partial charge is 0.368 e. The van der Waals surface area contributed by atoms with Gasteiger partial charge in [0.25, 0.3) is 5.91 Å². The summed E-state index contributed by atoms with van der Waals surface area (Å²) >= 11 is 0. The molecule has 37 heavy (non-hydrogen) atoms. The van der Waals surface area contributed by atoms with E-state index in [1.807, 2.05) is 47.5 Å². The first-order valence-electron chi connectivity index (χ1n) is 12.8. The van der Waals surface area contributed by atoms with Crippen molar-refractivity contribution in [2.45, 2.75) is 0 Å². The highest BCUT2D eigenvalue weighted by Gasteiger charge is 2.24. The summed E-state index contributed by atoms with van der Waals surface area (Å²) in [6.07, 6.45) is 3.96. The van der Waals surface area contributed by atoms with E-state index in [0.717, 1.165) is 91.6 Å². The number of rotatable bonds is 4. The Hall–Kier alpha value is -4.19. The zero-order valence-electron chi connectivity index (χ0n) is 20.7. The van der Waals surface area contributed by atoms with Crippen LogP contribution in [0.1, 0.15) is 15.9 Å². The predicted octanol–water partition coefficient (Wildman–Crippen LogP) is 2.99. The van der Waals surface area contributed by atoms with Crippen molar-refractivity contribution < 1.29 is 4.79 Å². The van der Waals surface area contributed by atoms with Gasteiger partial charge >= 0.3 is 0 Å². The fourth-order valence-electron chi connectivity index (χ4n) is 5.18. The van der Waals surface area contributed by atoms with Crippen molar-refractivity contribution >= 4 is 17.2 Å². The van der Waals surface area contributed by atoms with E-state index < -0.39 is 0 Å². The second-order valence-electron chi connectivity index (χ2n) is 9.49. The third kappa shape index (κ3) is 4.55. The molecule has 0 bridgehead atoms. The van der Waals surface area contributed by atoms with Gasteiger partial charge in [-0.3, -0.25) is 9.20 Å². The van der Waals surface area contributed by atoms with Crippen molar-refractivity contribution in [3.8, 4) is 28.5 Å². The molecule has 0 spiro atoms. The maximum Gasteiger partial charge on any atom is 0.256 e. The molecule has 1 amide bonds. The molecule has 8 heteroatoms. The number of nitrogens with zero attached hydrogens (tertiary/aromatic N) is 5. The maximum absolute atomic E-state index is 13.5. The minimum absolute atomic E-state index is 0.106. The SMILES string of the molecule is N#Cc1ccc(-c2cnc3ccc(-c4ccc(C(=O)N5CCNCC5)c(N5CCNCC5)c4)cn23)cc1. The summed E-state index contributed by atoms with van der Waals surface area (Å²) in [5, 5.41) is 15.9. The third-order valence-electron chi connectivity index (χ3n) is 7.24. The van der Waals surface area contributed by atoms with Crippen molar-refractivity contribution in [1.82, 2.24) is 24.9 Å². The lowest BCUT2D eigenvalue weighted by atomic mass is 10.0. The third-order valence-corrected chi connectivity index (χ3v) is 7.24. The van der Waals surface area contributed by atoms with Gasteiger partial charge in [-0.15, -0.1) is 0 Å². The number of hydrogen-bond donors (Lipinski definition) is 2. The maximum atomic E-state index is 13.5. The van der Waals surface area contributed by atoms with E-state index in [0.29, 0.717) is 5.56 Å². The number of aromatic nitrogens is 2. The first-order chi connectivity index (χ1) is 18.2. The number of carbonyl (C=O) groups is 1. The normalized spacial score (nSPS) is 16.1. The van der Waals surface area contributed by atoms with Crippen molar-refractivity contribution in [2.75, 3.05) is 57.3 Å². The van der Waals surface area contributed by atoms with Crippen LogP contribution in [-0.4, -0.2) is 72.5 Å². The molecule has 2 N–H and O–H groups in total. The number of imidazole rings is 1. The van der Waals surface area contributed by atoms with Gasteiger partial charge in [0.05, 0.1) is 34.8 Å². The molecular weight excluding hydrogens is 462 g/mol. The van der Waals surface area contributed by atoms with Crippen LogP contribution in [0.3, 0.4) is 0 Å². The van der Waals surface area contributed by atoms with Gasteiger partial charge in [-0.2, -0.15) is 5.26 Å². The summed E-state index contributed by atoms with van der Waals surface area (Å²) in [4.78, 5) is 22.4. The fourth-order valence-corrected chi connectivity index (χ4v) is 5.18. The molecule has 6 rings (SSSR count). The smallest absolute Gasteiger partial charge is 0.256 e. The Morgan fingerprint density at radius 1 is 0.838 bits per heavy atom. The monoisotopic (exact) mass is 491 g/mol. The predicted molar refractivity (Wildman–Crippen MR) is 145 cm³/mol. The number of nitrogens with one attached hydrogen (secondary N) is 2. The minimum atomic E-state index is 0.106. The zero-order valence-corrected chi connectivity index (χ0v) is 20.7. The topological polar surface area (TPSA) is 88.7 Å². The Morgan fingerprint density at radius 3 is 2.24 bits per heavy atom. The summed E-state index contributed by atoms with van der Waals surface area (Å²) in [5.41, 5.74) is 7.35. The number of piperazine rings is 2. The lowest BCUT2D eigenvalue weighted by Crippen LogP contribution is -2.47. The van der Waals surface area contributed by atoms with Crippen LogP contribution in [-0.2, 0) is 0 Å². The van der Waals surface area contributed by atoms with Gasteiger partial charge in [0.2, 0.25) is 0 Å². The summed E-state index contributed by atoms with van der Waals surface area (Å²) in [6, 6.07) is 20.1. The van der Waals surface area contributed by atoms with E-state index >= 15 is 0 Å². The molecule has 0 radical (unpaired) electrons. The second kappa shape index (κ2) is 10.1. The first kappa shape index (κ1) is 23.2. The van der Waals surface area contributed by atoms with Gasteiger partial charge in [0.1, 0.15) is 5.65 Å². The summed E-state index contributed by atoms with van der Waals surface area (Å²) in [6.45, 7) is 6.68. The van der Waals surface area contributed by atoms with Crippen LogP contribution in [0, 0.1) is 11.3 Å². The molecule has 0 unspecified atom stereocenters. The van der Waals surface area contributed by atoms with Crippen LogP contribution >= 0.6 is 0 Å². The van der Waals surface area contributed by atoms with Gasteiger partial charge in [0.15, 0.2) is 0 Å². The van der Waals surface area contributed by atoms with Gasteiger partial charge in [-0.05, 0) is 47.5 Å². The van der Waals surface area contributed by atoms with Crippen LogP contribution in [0.5, 0.6) is 0 Å². The summed E-state index contributed by atoms with van der Waals surface area (Å²) < 4.78 is 2.08. The Balaban J connectivity index is 1.40. The minimum Gasteiger partial charge on any atom is -0.368 e. The van der Waals surface area contributed by atoms with E-state index in [4.69, 9.17) is 5.26 Å². The molecule has 186 valence electrons. The van der Waals surface area contributed by atoms with Gasteiger partial charge in [0, 0.05) is 64.1 Å². The van der Waals surface area contributed by atoms with Crippen LogP contribution in [0.4, 0.5) is 5.69 Å². The standard InChI is InChI=1S/C29H29N7O/c30-18-21-1-3-22(4-2-21)27-19-33-28-8-6-24(20-36(27)28)23-5-7-25(29(37)35-15-11-32-12-16-35)26(17-23)34-13-9-31-10-14-34/h1-8,17,19-20,31-32H,9-16H2. The molecular formula is C29H29N7O. The van der Waals surface area contributed by atoms with Gasteiger partial charge < -0.3 is 20.4 Å². The van der Waals surface area contributed by atoms with E-state index in [-0.39, 0.29) is 5.91 Å². The molecule has 2 saturated heterocycles. The number of pyridine rings is 1. The number of nitriles is 1. The highest BCUT2D eigenvalue weighted by Crippen LogP contribution is 2.31. The Morgan fingerprint density at radius 2 is 1.51 bits per heavy atom. The average molecular weight is 492 g/mol. The Bertz CT molecular complexity index is 1470. The molecule has 4 heterocycles. The number of hydrogen-bond acceptors (Lipinski definition) is 6. The zero-order chi connectivity index (χ0) is 25.2. The van der Waals surface area contributed by atoms with Crippen molar-refractivity contribution in [3.05, 3.63) is 78.1 Å². The van der Waals surface area contributed by atoms with Crippen LogP contribution in [0.25, 0.3) is 28.0 Å². The van der Waals surface area contributed by atoms with Gasteiger partial charge in [-0.25, -0.2) is 4.98 Å². The number of benzene rings is 2. The van der Waals surface area contributed by atoms with Crippen LogP contribution in [0.15, 0.2) is 67.0 Å². The molecule has 4 aromatic rings. The van der Waals surface area contributed by atoms with Crippen LogP contribution < -0.4 is 15.5 Å². The van der Waals surface area contributed by atoms with Crippen molar-refractivity contribution in [2.24, 2.45) is 0 Å². The highest BCUT2D eigenvalue weighted by molar-refractivity contribution is 6.01. The molecule has 2 aromatic carbocycles. The van der Waals surface area contributed by atoms with E-state index in [9.17, 15) is 4.79 Å². The molecule has 2 aliphatic heterocycles. The Labute approximate surface area is 216 Å². The molecule has 0 saturated carbocycles. The molecule has 2 fully saturated rings. The van der Waals surface area contributed by atoms with E-state index in [2.05, 4.69) is 55.4 Å². The molecule has 0 aliphatic carbocycles. The van der Waals surface area contributed by atoms with Gasteiger partial charge in [-0.1, -0.05) is 18.2 Å². The lowest BCUT2D eigenvalue weighted by molar-refractivity contribution is 0.0736. The highest BCUT2D eigenvalue weighted by atomic mass is 16.2. The summed E-state index contributed by atoms with van der Waals surface area (Å²) in [5.74, 6) is 0.106. The van der Waals surface area contributed by atoms with Crippen molar-refractivity contribution in [1.29, 1.82) is 5.26 Å². The van der Waals surface area contributed by atoms with Crippen molar-refractivity contribution in [3.63, 3.8) is 0 Å².